The van der Waals surface area contributed by atoms with Crippen LogP contribution in [-0.2, 0) is 0 Å². The topological polar surface area (TPSA) is 83.6 Å². The molecule has 0 unspecified atom stereocenters. The van der Waals surface area contributed by atoms with Gasteiger partial charge in [-0.3, -0.25) is 0 Å². The summed E-state index contributed by atoms with van der Waals surface area (Å²) in [5, 5.41) is 18.4. The lowest BCUT2D eigenvalue weighted by Gasteiger charge is -2.14. The molecule has 0 amide bonds. The third-order valence-corrected chi connectivity index (χ3v) is 2.58. The summed E-state index contributed by atoms with van der Waals surface area (Å²) in [4.78, 5) is 10.8. The number of aromatic carboxylic acids is 1. The molecule has 4 nitrogen and oxygen atoms in total. The van der Waals surface area contributed by atoms with Gasteiger partial charge in [-0.1, -0.05) is 0 Å². The number of nitrogens with two attached hydrogens (primary N) is 1. The third-order valence-electron chi connectivity index (χ3n) is 1.94. The Morgan fingerprint density at radius 2 is 2.20 bits per heavy atom. The summed E-state index contributed by atoms with van der Waals surface area (Å²) < 4.78 is 12.7. The maximum Gasteiger partial charge on any atom is 0.336 e. The molecule has 0 saturated carbocycles. The zero-order chi connectivity index (χ0) is 11.6. The molecular formula is C9H9BrFNO3. The van der Waals surface area contributed by atoms with Crippen molar-refractivity contribution < 1.29 is 19.4 Å². The van der Waals surface area contributed by atoms with Crippen LogP contribution in [0.15, 0.2) is 16.6 Å². The summed E-state index contributed by atoms with van der Waals surface area (Å²) in [6.45, 7) is -0.940. The Morgan fingerprint density at radius 3 is 2.67 bits per heavy atom. The van der Waals surface area contributed by atoms with Crippen LogP contribution < -0.4 is 5.73 Å². The van der Waals surface area contributed by atoms with Crippen LogP contribution in [0.3, 0.4) is 0 Å². The molecule has 0 spiro atoms. The van der Waals surface area contributed by atoms with Gasteiger partial charge in [0.05, 0.1) is 16.1 Å². The first-order valence-corrected chi connectivity index (χ1v) is 4.84. The smallest absolute Gasteiger partial charge is 0.336 e. The monoisotopic (exact) mass is 277 g/mol. The van der Waals surface area contributed by atoms with Crippen LogP contribution in [0.25, 0.3) is 0 Å². The lowest BCUT2D eigenvalue weighted by Crippen LogP contribution is -2.17. The van der Waals surface area contributed by atoms with Gasteiger partial charge in [-0.2, -0.15) is 0 Å². The highest BCUT2D eigenvalue weighted by Gasteiger charge is 2.21. The second-order valence-electron chi connectivity index (χ2n) is 2.92. The number of aromatic hydroxyl groups is 1. The van der Waals surface area contributed by atoms with Crippen LogP contribution in [0.2, 0.25) is 0 Å². The Bertz CT molecular complexity index is 397. The summed E-state index contributed by atoms with van der Waals surface area (Å²) in [5.41, 5.74) is 5.09. The van der Waals surface area contributed by atoms with Crippen molar-refractivity contribution in [1.29, 1.82) is 0 Å². The Hall–Kier alpha value is -1.14. The lowest BCUT2D eigenvalue weighted by atomic mass is 10.0. The number of halogens is 2. The van der Waals surface area contributed by atoms with Gasteiger partial charge in [0, 0.05) is 5.56 Å². The molecule has 0 radical (unpaired) electrons. The lowest BCUT2D eigenvalue weighted by molar-refractivity contribution is 0.0694. The molecule has 0 aliphatic rings. The minimum absolute atomic E-state index is 0.0978. The van der Waals surface area contributed by atoms with E-state index in [0.717, 1.165) is 0 Å². The highest BCUT2D eigenvalue weighted by Crippen LogP contribution is 2.34. The fourth-order valence-corrected chi connectivity index (χ4v) is 1.57. The Labute approximate surface area is 93.6 Å². The van der Waals surface area contributed by atoms with E-state index in [9.17, 15) is 14.3 Å². The van der Waals surface area contributed by atoms with E-state index in [4.69, 9.17) is 10.8 Å². The molecule has 1 aromatic rings. The quantitative estimate of drug-likeness (QED) is 0.787. The first-order chi connectivity index (χ1) is 6.99. The molecule has 0 aliphatic heterocycles. The van der Waals surface area contributed by atoms with Crippen LogP contribution in [-0.4, -0.2) is 22.9 Å². The number of phenols is 1. The maximum atomic E-state index is 12.4. The zero-order valence-electron chi connectivity index (χ0n) is 7.58. The predicted molar refractivity (Wildman–Crippen MR) is 55.7 cm³/mol. The summed E-state index contributed by atoms with van der Waals surface area (Å²) >= 11 is 3.01. The Balaban J connectivity index is 3.41. The normalized spacial score (nSPS) is 12.5. The molecule has 15 heavy (non-hydrogen) atoms. The third kappa shape index (κ3) is 2.27. The first kappa shape index (κ1) is 11.9. The Kier molecular flexibility index (Phi) is 3.65. The number of alkyl halides is 1. The molecule has 1 rings (SSSR count). The van der Waals surface area contributed by atoms with Gasteiger partial charge in [0.15, 0.2) is 0 Å². The molecule has 0 bridgehead atoms. The summed E-state index contributed by atoms with van der Waals surface area (Å²) in [7, 11) is 0. The minimum atomic E-state index is -1.25. The van der Waals surface area contributed by atoms with Crippen LogP contribution in [0.5, 0.6) is 5.75 Å². The number of carbonyl (C=O) groups is 1. The van der Waals surface area contributed by atoms with Gasteiger partial charge in [0.2, 0.25) is 0 Å². The van der Waals surface area contributed by atoms with Crippen molar-refractivity contribution in [2.75, 3.05) is 6.67 Å². The molecule has 6 heteroatoms. The van der Waals surface area contributed by atoms with Crippen molar-refractivity contribution in [3.63, 3.8) is 0 Å². The number of carboxylic acid groups (broad SMARTS) is 1. The standard InChI is InChI=1S/C9H9BrFNO3/c10-5-2-1-4(9(14)15)7(8(5)13)6(12)3-11/h1-2,6,13H,3,12H2,(H,14,15)/t6-/m0/s1. The largest absolute Gasteiger partial charge is 0.506 e. The summed E-state index contributed by atoms with van der Waals surface area (Å²) in [6.07, 6.45) is 0. The summed E-state index contributed by atoms with van der Waals surface area (Å²) in [6, 6.07) is 1.48. The van der Waals surface area contributed by atoms with E-state index in [1.54, 1.807) is 0 Å². The number of benzene rings is 1. The molecule has 1 aromatic carbocycles. The van der Waals surface area contributed by atoms with Crippen molar-refractivity contribution in [2.24, 2.45) is 5.73 Å². The van der Waals surface area contributed by atoms with E-state index in [0.29, 0.717) is 0 Å². The van der Waals surface area contributed by atoms with Crippen LogP contribution in [0.1, 0.15) is 22.0 Å². The van der Waals surface area contributed by atoms with Gasteiger partial charge in [-0.25, -0.2) is 9.18 Å². The number of hydrogen-bond acceptors (Lipinski definition) is 3. The van der Waals surface area contributed by atoms with Crippen LogP contribution in [0, 0.1) is 0 Å². The van der Waals surface area contributed by atoms with Gasteiger partial charge in [-0.05, 0) is 28.1 Å². The molecule has 0 saturated heterocycles. The number of phenolic OH excluding ortho intramolecular Hbond substituents is 1. The van der Waals surface area contributed by atoms with Gasteiger partial charge in [0.25, 0.3) is 0 Å². The molecule has 0 fully saturated rings. The van der Waals surface area contributed by atoms with Gasteiger partial charge in [-0.15, -0.1) is 0 Å². The van der Waals surface area contributed by atoms with Crippen molar-refractivity contribution in [2.45, 2.75) is 6.04 Å². The van der Waals surface area contributed by atoms with E-state index < -0.39 is 18.7 Å². The van der Waals surface area contributed by atoms with Crippen molar-refractivity contribution >= 4 is 21.9 Å². The van der Waals surface area contributed by atoms with Gasteiger partial charge in [0.1, 0.15) is 12.4 Å². The molecular weight excluding hydrogens is 269 g/mol. The highest BCUT2D eigenvalue weighted by molar-refractivity contribution is 9.10. The van der Waals surface area contributed by atoms with Gasteiger partial charge < -0.3 is 15.9 Å². The fraction of sp³-hybridized carbons (Fsp3) is 0.222. The van der Waals surface area contributed by atoms with E-state index in [1.165, 1.54) is 12.1 Å². The predicted octanol–water partition coefficient (Wildman–Crippen LogP) is 1.82. The number of hydrogen-bond donors (Lipinski definition) is 3. The highest BCUT2D eigenvalue weighted by atomic mass is 79.9. The van der Waals surface area contributed by atoms with E-state index in [1.807, 2.05) is 0 Å². The summed E-state index contributed by atoms with van der Waals surface area (Å²) in [5.74, 6) is -1.59. The molecule has 0 aliphatic carbocycles. The molecule has 1 atom stereocenters. The maximum absolute atomic E-state index is 12.4. The SMILES string of the molecule is N[C@@H](CF)c1c(C(=O)O)ccc(Br)c1O. The van der Waals surface area contributed by atoms with Gasteiger partial charge >= 0.3 is 5.97 Å². The molecule has 82 valence electrons. The molecule has 4 N–H and O–H groups in total. The fourth-order valence-electron chi connectivity index (χ4n) is 1.22. The molecule has 0 heterocycles. The minimum Gasteiger partial charge on any atom is -0.506 e. The van der Waals surface area contributed by atoms with E-state index in [-0.39, 0.29) is 21.3 Å². The average Bonchev–Trinajstić information content (AvgIpc) is 2.20. The second kappa shape index (κ2) is 4.59. The van der Waals surface area contributed by atoms with E-state index >= 15 is 0 Å². The molecule has 0 aromatic heterocycles. The second-order valence-corrected chi connectivity index (χ2v) is 3.78. The van der Waals surface area contributed by atoms with Crippen LogP contribution in [0.4, 0.5) is 4.39 Å². The number of rotatable bonds is 3. The average molecular weight is 278 g/mol. The first-order valence-electron chi connectivity index (χ1n) is 4.05. The zero-order valence-corrected chi connectivity index (χ0v) is 9.16. The Morgan fingerprint density at radius 1 is 1.60 bits per heavy atom. The van der Waals surface area contributed by atoms with Crippen LogP contribution >= 0.6 is 15.9 Å². The number of carboxylic acids is 1. The van der Waals surface area contributed by atoms with Crippen molar-refractivity contribution in [1.82, 2.24) is 0 Å². The van der Waals surface area contributed by atoms with Crippen molar-refractivity contribution in [3.05, 3.63) is 27.7 Å². The van der Waals surface area contributed by atoms with E-state index in [2.05, 4.69) is 15.9 Å². The van der Waals surface area contributed by atoms with Crippen molar-refractivity contribution in [3.8, 4) is 5.75 Å².